The summed E-state index contributed by atoms with van der Waals surface area (Å²) < 4.78 is 23.1. The van der Waals surface area contributed by atoms with Gasteiger partial charge in [0.25, 0.3) is 5.91 Å². The van der Waals surface area contributed by atoms with Gasteiger partial charge in [-0.1, -0.05) is 6.92 Å². The van der Waals surface area contributed by atoms with Crippen LogP contribution in [-0.2, 0) is 18.3 Å². The van der Waals surface area contributed by atoms with Crippen LogP contribution in [0.2, 0.25) is 0 Å². The fourth-order valence-electron chi connectivity index (χ4n) is 2.70. The second kappa shape index (κ2) is 8.98. The lowest BCUT2D eigenvalue weighted by atomic mass is 10.2. The van der Waals surface area contributed by atoms with E-state index in [1.165, 1.54) is 27.4 Å². The third-order valence-electron chi connectivity index (χ3n) is 3.99. The molecule has 0 saturated carbocycles. The number of pyridine rings is 1. The van der Waals surface area contributed by atoms with E-state index in [1.54, 1.807) is 22.9 Å². The Hall–Kier alpha value is -3.16. The summed E-state index contributed by atoms with van der Waals surface area (Å²) in [5.74, 6) is 1.02. The van der Waals surface area contributed by atoms with E-state index in [4.69, 9.17) is 18.9 Å². The van der Waals surface area contributed by atoms with Crippen LogP contribution in [0.4, 0.5) is 5.69 Å². The highest BCUT2D eigenvalue weighted by molar-refractivity contribution is 5.92. The van der Waals surface area contributed by atoms with Crippen LogP contribution in [0, 0.1) is 0 Å². The quantitative estimate of drug-likeness (QED) is 0.758. The van der Waals surface area contributed by atoms with Crippen LogP contribution in [0.15, 0.2) is 29.2 Å². The molecule has 8 nitrogen and oxygen atoms in total. The first-order valence-electron chi connectivity index (χ1n) is 8.36. The van der Waals surface area contributed by atoms with E-state index in [1.807, 2.05) is 14.0 Å². The minimum atomic E-state index is -0.419. The van der Waals surface area contributed by atoms with Crippen LogP contribution in [0.5, 0.6) is 23.0 Å². The van der Waals surface area contributed by atoms with E-state index in [2.05, 4.69) is 5.32 Å². The molecule has 0 fully saturated rings. The Morgan fingerprint density at radius 3 is 2.22 bits per heavy atom. The minimum Gasteiger partial charge on any atom is -0.493 e. The molecule has 1 aromatic heterocycles. The lowest BCUT2D eigenvalue weighted by Gasteiger charge is -2.15. The fourth-order valence-corrected chi connectivity index (χ4v) is 2.70. The summed E-state index contributed by atoms with van der Waals surface area (Å²) in [6, 6.07) is 4.63. The summed E-state index contributed by atoms with van der Waals surface area (Å²) >= 11 is 0. The lowest BCUT2D eigenvalue weighted by molar-refractivity contribution is -0.118. The Labute approximate surface area is 157 Å². The Morgan fingerprint density at radius 1 is 1.07 bits per heavy atom. The minimum absolute atomic E-state index is 0.183. The largest absolute Gasteiger partial charge is 0.493 e. The molecule has 1 amide bonds. The van der Waals surface area contributed by atoms with Crippen LogP contribution >= 0.6 is 0 Å². The molecule has 0 bridgehead atoms. The highest BCUT2D eigenvalue weighted by Gasteiger charge is 2.16. The summed E-state index contributed by atoms with van der Waals surface area (Å²) in [7, 11) is 6.30. The molecule has 2 rings (SSSR count). The molecule has 0 aliphatic carbocycles. The predicted molar refractivity (Wildman–Crippen MR) is 101 cm³/mol. The van der Waals surface area contributed by atoms with Crippen molar-refractivity contribution in [3.8, 4) is 23.0 Å². The molecule has 0 unspecified atom stereocenters. The van der Waals surface area contributed by atoms with Gasteiger partial charge in [0.05, 0.1) is 27.0 Å². The predicted octanol–water partition coefficient (Wildman–Crippen LogP) is 1.99. The van der Waals surface area contributed by atoms with Crippen LogP contribution in [-0.4, -0.2) is 38.4 Å². The Morgan fingerprint density at radius 2 is 1.70 bits per heavy atom. The van der Waals surface area contributed by atoms with Crippen molar-refractivity contribution < 1.29 is 23.7 Å². The number of anilines is 1. The van der Waals surface area contributed by atoms with E-state index in [9.17, 15) is 9.59 Å². The molecule has 0 radical (unpaired) electrons. The summed E-state index contributed by atoms with van der Waals surface area (Å²) in [6.45, 7) is 1.61. The number of carbonyl (C=O) groups excluding carboxylic acids is 1. The van der Waals surface area contributed by atoms with Gasteiger partial charge in [0, 0.05) is 37.1 Å². The number of ether oxygens (including phenoxy) is 4. The molecule has 0 aliphatic rings. The number of hydrogen-bond acceptors (Lipinski definition) is 6. The topological polar surface area (TPSA) is 88.0 Å². The molecule has 1 heterocycles. The molecule has 1 aromatic carbocycles. The number of nitrogens with zero attached hydrogens (tertiary/aromatic N) is 1. The zero-order chi connectivity index (χ0) is 20.0. The number of aryl methyl sites for hydroxylation is 1. The zero-order valence-electron chi connectivity index (χ0n) is 16.1. The summed E-state index contributed by atoms with van der Waals surface area (Å²) in [5, 5.41) is 2.70. The molecule has 146 valence electrons. The molecular formula is C19H24N2O6. The van der Waals surface area contributed by atoms with Crippen molar-refractivity contribution in [3.05, 3.63) is 40.3 Å². The van der Waals surface area contributed by atoms with Crippen molar-refractivity contribution >= 4 is 11.6 Å². The first kappa shape index (κ1) is 20.2. The molecule has 8 heteroatoms. The number of aromatic nitrogens is 1. The number of rotatable bonds is 8. The molecule has 1 N–H and O–H groups in total. The number of benzene rings is 1. The molecule has 0 aliphatic heterocycles. The molecule has 2 aromatic rings. The van der Waals surface area contributed by atoms with Crippen molar-refractivity contribution in [2.75, 3.05) is 33.3 Å². The number of amides is 1. The van der Waals surface area contributed by atoms with E-state index < -0.39 is 5.91 Å². The summed E-state index contributed by atoms with van der Waals surface area (Å²) in [5.41, 5.74) is 0.920. The first-order valence-corrected chi connectivity index (χ1v) is 8.36. The first-order chi connectivity index (χ1) is 12.9. The van der Waals surface area contributed by atoms with Gasteiger partial charge in [-0.3, -0.25) is 9.59 Å². The van der Waals surface area contributed by atoms with E-state index >= 15 is 0 Å². The van der Waals surface area contributed by atoms with Gasteiger partial charge in [0.15, 0.2) is 23.9 Å². The summed E-state index contributed by atoms with van der Waals surface area (Å²) in [6.07, 6.45) is 2.28. The van der Waals surface area contributed by atoms with Gasteiger partial charge in [-0.25, -0.2) is 0 Å². The van der Waals surface area contributed by atoms with Gasteiger partial charge >= 0.3 is 0 Å². The van der Waals surface area contributed by atoms with E-state index in [0.29, 0.717) is 29.4 Å². The number of hydrogen-bond donors (Lipinski definition) is 1. The third kappa shape index (κ3) is 4.52. The van der Waals surface area contributed by atoms with Crippen molar-refractivity contribution in [1.82, 2.24) is 4.57 Å². The SMILES string of the molecule is CCc1c(OCC(=O)Nc2cc(OC)c(OC)c(OC)c2)c(=O)ccn1C. The molecular weight excluding hydrogens is 352 g/mol. The summed E-state index contributed by atoms with van der Waals surface area (Å²) in [4.78, 5) is 24.3. The Bertz CT molecular complexity index is 850. The van der Waals surface area contributed by atoms with Crippen LogP contribution < -0.4 is 29.7 Å². The van der Waals surface area contributed by atoms with Gasteiger partial charge in [0.2, 0.25) is 11.2 Å². The standard InChI is InChI=1S/C19H24N2O6/c1-6-13-18(14(22)7-8-21(13)2)27-11-17(23)20-12-9-15(24-3)19(26-5)16(10-12)25-4/h7-10H,6,11H2,1-5H3,(H,20,23). The normalized spacial score (nSPS) is 10.3. The van der Waals surface area contributed by atoms with Crippen LogP contribution in [0.25, 0.3) is 0 Å². The average molecular weight is 376 g/mol. The Balaban J connectivity index is 2.16. The maximum Gasteiger partial charge on any atom is 0.262 e. The number of carbonyl (C=O) groups is 1. The van der Waals surface area contributed by atoms with Crippen LogP contribution in [0.1, 0.15) is 12.6 Å². The van der Waals surface area contributed by atoms with Gasteiger partial charge in [-0.2, -0.15) is 0 Å². The molecule has 0 saturated heterocycles. The van der Waals surface area contributed by atoms with E-state index in [0.717, 1.165) is 5.69 Å². The van der Waals surface area contributed by atoms with Gasteiger partial charge < -0.3 is 28.8 Å². The second-order valence-electron chi connectivity index (χ2n) is 5.67. The zero-order valence-corrected chi connectivity index (χ0v) is 16.1. The monoisotopic (exact) mass is 376 g/mol. The highest BCUT2D eigenvalue weighted by Crippen LogP contribution is 2.39. The number of methoxy groups -OCH3 is 3. The van der Waals surface area contributed by atoms with Crippen molar-refractivity contribution in [1.29, 1.82) is 0 Å². The van der Waals surface area contributed by atoms with Crippen molar-refractivity contribution in [3.63, 3.8) is 0 Å². The van der Waals surface area contributed by atoms with Crippen LogP contribution in [0.3, 0.4) is 0 Å². The Kier molecular flexibility index (Phi) is 6.70. The maximum absolute atomic E-state index is 12.3. The highest BCUT2D eigenvalue weighted by atomic mass is 16.5. The van der Waals surface area contributed by atoms with Crippen molar-refractivity contribution in [2.24, 2.45) is 7.05 Å². The van der Waals surface area contributed by atoms with Crippen molar-refractivity contribution in [2.45, 2.75) is 13.3 Å². The fraction of sp³-hybridized carbons (Fsp3) is 0.368. The average Bonchev–Trinajstić information content (AvgIpc) is 2.67. The maximum atomic E-state index is 12.3. The van der Waals surface area contributed by atoms with Gasteiger partial charge in [0.1, 0.15) is 0 Å². The second-order valence-corrected chi connectivity index (χ2v) is 5.67. The molecule has 0 atom stereocenters. The lowest BCUT2D eigenvalue weighted by Crippen LogP contribution is -2.24. The smallest absolute Gasteiger partial charge is 0.262 e. The number of nitrogens with one attached hydrogen (secondary N) is 1. The molecule has 0 spiro atoms. The molecule has 27 heavy (non-hydrogen) atoms. The third-order valence-corrected chi connectivity index (χ3v) is 3.99. The van der Waals surface area contributed by atoms with Gasteiger partial charge in [-0.05, 0) is 6.42 Å². The van der Waals surface area contributed by atoms with E-state index in [-0.39, 0.29) is 17.8 Å². The van der Waals surface area contributed by atoms with Gasteiger partial charge in [-0.15, -0.1) is 0 Å².